The van der Waals surface area contributed by atoms with E-state index in [1.165, 1.54) is 43.3 Å². The van der Waals surface area contributed by atoms with Crippen LogP contribution in [0.2, 0.25) is 0 Å². The second-order valence-electron chi connectivity index (χ2n) is 6.71. The molecule has 0 saturated heterocycles. The summed E-state index contributed by atoms with van der Waals surface area (Å²) in [5.74, 6) is -1.51. The van der Waals surface area contributed by atoms with Crippen molar-refractivity contribution in [2.45, 2.75) is 26.9 Å². The standard InChI is InChI=1S/C21H19FN2O6/c1-10(2)28-17-8-14-16(9-15(17)24-11(3)25)29-19(12-4-6-13(22)7-5-12)18(14)20(26)30-21(23)27/h4-10H,1-3H3,(H2,23,27)(H,24,25). The van der Waals surface area contributed by atoms with Crippen molar-refractivity contribution >= 4 is 34.6 Å². The summed E-state index contributed by atoms with van der Waals surface area (Å²) in [6, 6.07) is 8.20. The number of benzene rings is 2. The zero-order valence-electron chi connectivity index (χ0n) is 16.4. The number of furan rings is 1. The second-order valence-corrected chi connectivity index (χ2v) is 6.71. The molecule has 0 atom stereocenters. The molecule has 9 heteroatoms. The molecule has 0 fully saturated rings. The summed E-state index contributed by atoms with van der Waals surface area (Å²) in [5.41, 5.74) is 5.82. The van der Waals surface area contributed by atoms with Crippen LogP contribution in [0.3, 0.4) is 0 Å². The lowest BCUT2D eigenvalue weighted by Gasteiger charge is -2.14. The molecule has 8 nitrogen and oxygen atoms in total. The Balaban J connectivity index is 2.28. The average molecular weight is 414 g/mol. The molecule has 2 aromatic carbocycles. The van der Waals surface area contributed by atoms with Crippen LogP contribution in [0.25, 0.3) is 22.3 Å². The summed E-state index contributed by atoms with van der Waals surface area (Å²) in [6.07, 6.45) is -1.52. The zero-order valence-corrected chi connectivity index (χ0v) is 16.4. The summed E-state index contributed by atoms with van der Waals surface area (Å²) in [5, 5.41) is 2.91. The number of hydrogen-bond acceptors (Lipinski definition) is 6. The fraction of sp³-hybridized carbons (Fsp3) is 0.190. The van der Waals surface area contributed by atoms with Crippen molar-refractivity contribution < 1.29 is 32.7 Å². The third-order valence-corrected chi connectivity index (χ3v) is 3.97. The maximum atomic E-state index is 13.3. The molecule has 3 rings (SSSR count). The Bertz CT molecular complexity index is 1130. The zero-order chi connectivity index (χ0) is 22.0. The fourth-order valence-electron chi connectivity index (χ4n) is 2.91. The van der Waals surface area contributed by atoms with E-state index in [1.807, 2.05) is 0 Å². The van der Waals surface area contributed by atoms with E-state index in [0.29, 0.717) is 11.3 Å². The largest absolute Gasteiger partial charge is 0.489 e. The number of fused-ring (bicyclic) bond motifs is 1. The van der Waals surface area contributed by atoms with Gasteiger partial charge in [-0.15, -0.1) is 0 Å². The van der Waals surface area contributed by atoms with Crippen molar-refractivity contribution in [3.8, 4) is 17.1 Å². The van der Waals surface area contributed by atoms with Gasteiger partial charge in [-0.1, -0.05) is 0 Å². The van der Waals surface area contributed by atoms with Gasteiger partial charge in [-0.2, -0.15) is 0 Å². The van der Waals surface area contributed by atoms with Crippen LogP contribution in [0.4, 0.5) is 14.9 Å². The van der Waals surface area contributed by atoms with Crippen LogP contribution in [-0.4, -0.2) is 24.1 Å². The molecule has 0 unspecified atom stereocenters. The Morgan fingerprint density at radius 1 is 1.13 bits per heavy atom. The predicted molar refractivity (Wildman–Crippen MR) is 107 cm³/mol. The van der Waals surface area contributed by atoms with Crippen molar-refractivity contribution in [3.05, 3.63) is 47.8 Å². The van der Waals surface area contributed by atoms with Gasteiger partial charge in [-0.25, -0.2) is 14.0 Å². The Morgan fingerprint density at radius 2 is 1.80 bits per heavy atom. The molecule has 0 saturated carbocycles. The number of hydrogen-bond donors (Lipinski definition) is 2. The minimum Gasteiger partial charge on any atom is -0.489 e. The van der Waals surface area contributed by atoms with Crippen LogP contribution in [0, 0.1) is 5.82 Å². The highest BCUT2D eigenvalue weighted by molar-refractivity contribution is 6.12. The summed E-state index contributed by atoms with van der Waals surface area (Å²) in [6.45, 7) is 4.93. The van der Waals surface area contributed by atoms with E-state index < -0.39 is 17.9 Å². The van der Waals surface area contributed by atoms with E-state index in [0.717, 1.165) is 0 Å². The third kappa shape index (κ3) is 4.40. The molecule has 0 radical (unpaired) electrons. The first-order chi connectivity index (χ1) is 14.2. The van der Waals surface area contributed by atoms with Gasteiger partial charge >= 0.3 is 12.1 Å². The van der Waals surface area contributed by atoms with E-state index in [-0.39, 0.29) is 40.1 Å². The van der Waals surface area contributed by atoms with Crippen molar-refractivity contribution in [3.63, 3.8) is 0 Å². The van der Waals surface area contributed by atoms with Gasteiger partial charge in [-0.3, -0.25) is 4.79 Å². The third-order valence-electron chi connectivity index (χ3n) is 3.97. The molecule has 0 spiro atoms. The van der Waals surface area contributed by atoms with Crippen LogP contribution in [0.1, 0.15) is 31.1 Å². The molecule has 0 aliphatic heterocycles. The average Bonchev–Trinajstić information content (AvgIpc) is 2.99. The number of amides is 2. The number of nitrogens with two attached hydrogens (primary N) is 1. The number of anilines is 1. The number of ether oxygens (including phenoxy) is 2. The summed E-state index contributed by atoms with van der Waals surface area (Å²) in [4.78, 5) is 35.4. The maximum Gasteiger partial charge on any atom is 0.412 e. The molecule has 2 amide bonds. The van der Waals surface area contributed by atoms with Crippen LogP contribution in [0.5, 0.6) is 5.75 Å². The Hall–Kier alpha value is -3.88. The van der Waals surface area contributed by atoms with Gasteiger partial charge in [0.1, 0.15) is 28.5 Å². The van der Waals surface area contributed by atoms with Crippen LogP contribution >= 0.6 is 0 Å². The van der Waals surface area contributed by atoms with Gasteiger partial charge in [0.05, 0.1) is 11.8 Å². The first-order valence-corrected chi connectivity index (χ1v) is 8.98. The summed E-state index contributed by atoms with van der Waals surface area (Å²) in [7, 11) is 0. The van der Waals surface area contributed by atoms with E-state index in [1.54, 1.807) is 13.8 Å². The quantitative estimate of drug-likeness (QED) is 0.476. The number of primary amides is 1. The molecule has 3 N–H and O–H groups in total. The topological polar surface area (TPSA) is 121 Å². The molecular weight excluding hydrogens is 395 g/mol. The second kappa shape index (κ2) is 8.24. The number of carbonyl (C=O) groups excluding carboxylic acids is 3. The fourth-order valence-corrected chi connectivity index (χ4v) is 2.91. The normalized spacial score (nSPS) is 10.8. The molecule has 1 aromatic heterocycles. The van der Waals surface area contributed by atoms with Gasteiger partial charge in [0.15, 0.2) is 0 Å². The summed E-state index contributed by atoms with van der Waals surface area (Å²) < 4.78 is 29.5. The first kappa shape index (κ1) is 20.8. The molecule has 0 aliphatic carbocycles. The van der Waals surface area contributed by atoms with Gasteiger partial charge in [-0.05, 0) is 44.2 Å². The predicted octanol–water partition coefficient (Wildman–Crippen LogP) is 4.22. The Morgan fingerprint density at radius 3 is 2.37 bits per heavy atom. The maximum absolute atomic E-state index is 13.3. The van der Waals surface area contributed by atoms with E-state index in [2.05, 4.69) is 10.1 Å². The minimum atomic E-state index is -1.28. The van der Waals surface area contributed by atoms with E-state index in [9.17, 15) is 18.8 Å². The highest BCUT2D eigenvalue weighted by atomic mass is 19.1. The van der Waals surface area contributed by atoms with Gasteiger partial charge in [0, 0.05) is 23.9 Å². The number of rotatable bonds is 5. The molecule has 3 aromatic rings. The molecule has 156 valence electrons. The number of carbonyl (C=O) groups is 3. The molecule has 0 bridgehead atoms. The summed E-state index contributed by atoms with van der Waals surface area (Å²) >= 11 is 0. The molecular formula is C21H19FN2O6. The highest BCUT2D eigenvalue weighted by Gasteiger charge is 2.26. The van der Waals surface area contributed by atoms with Crippen molar-refractivity contribution in [2.24, 2.45) is 5.73 Å². The smallest absolute Gasteiger partial charge is 0.412 e. The minimum absolute atomic E-state index is 0.0479. The van der Waals surface area contributed by atoms with Crippen LogP contribution in [0.15, 0.2) is 40.8 Å². The Labute approximate surface area is 170 Å². The lowest BCUT2D eigenvalue weighted by molar-refractivity contribution is -0.114. The molecule has 30 heavy (non-hydrogen) atoms. The van der Waals surface area contributed by atoms with Crippen molar-refractivity contribution in [1.82, 2.24) is 0 Å². The first-order valence-electron chi connectivity index (χ1n) is 8.98. The Kier molecular flexibility index (Phi) is 5.72. The van der Waals surface area contributed by atoms with Crippen molar-refractivity contribution in [1.29, 1.82) is 0 Å². The SMILES string of the molecule is CC(=O)Nc1cc2oc(-c3ccc(F)cc3)c(C(=O)OC(N)=O)c2cc1OC(C)C. The lowest BCUT2D eigenvalue weighted by atomic mass is 10.0. The van der Waals surface area contributed by atoms with Gasteiger partial charge in [0.2, 0.25) is 5.91 Å². The molecule has 1 heterocycles. The number of esters is 1. The van der Waals surface area contributed by atoms with Crippen molar-refractivity contribution in [2.75, 3.05) is 5.32 Å². The highest BCUT2D eigenvalue weighted by Crippen LogP contribution is 2.39. The lowest BCUT2D eigenvalue weighted by Crippen LogP contribution is -2.18. The number of halogens is 1. The molecule has 0 aliphatic rings. The van der Waals surface area contributed by atoms with E-state index in [4.69, 9.17) is 14.9 Å². The monoisotopic (exact) mass is 414 g/mol. The van der Waals surface area contributed by atoms with Crippen LogP contribution in [-0.2, 0) is 9.53 Å². The van der Waals surface area contributed by atoms with E-state index >= 15 is 0 Å². The van der Waals surface area contributed by atoms with Gasteiger partial charge < -0.3 is 24.9 Å². The number of nitrogens with one attached hydrogen (secondary N) is 1. The van der Waals surface area contributed by atoms with Gasteiger partial charge in [0.25, 0.3) is 0 Å². The van der Waals surface area contributed by atoms with Crippen LogP contribution < -0.4 is 15.8 Å².